The molecular weight excluding hydrogens is 236 g/mol. The van der Waals surface area contributed by atoms with E-state index in [1.165, 1.54) is 0 Å². The summed E-state index contributed by atoms with van der Waals surface area (Å²) in [6.07, 6.45) is 0. The third-order valence-corrected chi connectivity index (χ3v) is 3.10. The Bertz CT molecular complexity index is 282. The second kappa shape index (κ2) is 4.18. The van der Waals surface area contributed by atoms with Gasteiger partial charge in [-0.25, -0.2) is 5.43 Å². The van der Waals surface area contributed by atoms with Crippen LogP contribution in [-0.2, 0) is 0 Å². The molecule has 12 heavy (non-hydrogen) atoms. The average molecular weight is 247 g/mol. The van der Waals surface area contributed by atoms with E-state index in [-0.39, 0.29) is 6.04 Å². The molecule has 2 nitrogen and oxygen atoms in total. The minimum Gasteiger partial charge on any atom is -0.271 e. The zero-order chi connectivity index (χ0) is 9.14. The highest BCUT2D eigenvalue weighted by atomic mass is 79.9. The van der Waals surface area contributed by atoms with Crippen LogP contribution in [0.25, 0.3) is 0 Å². The normalized spacial score (nSPS) is 12.9. The van der Waals surface area contributed by atoms with Crippen molar-refractivity contribution in [2.75, 3.05) is 0 Å². The minimum absolute atomic E-state index is 0.0625. The quantitative estimate of drug-likeness (QED) is 0.489. The van der Waals surface area contributed by atoms with Gasteiger partial charge in [0.15, 0.2) is 0 Å². The van der Waals surface area contributed by atoms with Gasteiger partial charge in [0.2, 0.25) is 0 Å². The standard InChI is InChI=1S/C8H11BrN2S/c1-5(2)8(11-10)6-3-7(9)12-4-6/h3-4,8,11H,1,10H2,2H3. The molecule has 1 rings (SSSR count). The first-order chi connectivity index (χ1) is 5.65. The highest BCUT2D eigenvalue weighted by molar-refractivity contribution is 9.11. The van der Waals surface area contributed by atoms with Gasteiger partial charge >= 0.3 is 0 Å². The molecule has 4 heteroatoms. The molecule has 0 fully saturated rings. The van der Waals surface area contributed by atoms with Crippen molar-refractivity contribution >= 4 is 27.3 Å². The van der Waals surface area contributed by atoms with Gasteiger partial charge < -0.3 is 0 Å². The van der Waals surface area contributed by atoms with Crippen molar-refractivity contribution in [3.05, 3.63) is 32.9 Å². The van der Waals surface area contributed by atoms with Crippen molar-refractivity contribution in [2.24, 2.45) is 5.84 Å². The summed E-state index contributed by atoms with van der Waals surface area (Å²) < 4.78 is 1.11. The van der Waals surface area contributed by atoms with Gasteiger partial charge in [-0.05, 0) is 39.9 Å². The number of hydrogen-bond donors (Lipinski definition) is 2. The van der Waals surface area contributed by atoms with E-state index in [0.717, 1.165) is 14.9 Å². The van der Waals surface area contributed by atoms with Crippen LogP contribution < -0.4 is 11.3 Å². The Kier molecular flexibility index (Phi) is 3.46. The molecule has 1 heterocycles. The summed E-state index contributed by atoms with van der Waals surface area (Å²) in [5, 5.41) is 2.06. The molecular formula is C8H11BrN2S. The number of thiophene rings is 1. The van der Waals surface area contributed by atoms with Crippen LogP contribution in [-0.4, -0.2) is 0 Å². The summed E-state index contributed by atoms with van der Waals surface area (Å²) in [4.78, 5) is 0. The molecule has 1 unspecified atom stereocenters. The SMILES string of the molecule is C=C(C)C(NN)c1csc(Br)c1. The monoisotopic (exact) mass is 246 g/mol. The minimum atomic E-state index is 0.0625. The Labute approximate surface area is 84.6 Å². The Morgan fingerprint density at radius 3 is 2.83 bits per heavy atom. The largest absolute Gasteiger partial charge is 0.271 e. The summed E-state index contributed by atoms with van der Waals surface area (Å²) in [6, 6.07) is 2.11. The van der Waals surface area contributed by atoms with E-state index in [9.17, 15) is 0 Å². The fraction of sp³-hybridized carbons (Fsp3) is 0.250. The van der Waals surface area contributed by atoms with Crippen LogP contribution in [0.15, 0.2) is 27.4 Å². The number of hydrogen-bond acceptors (Lipinski definition) is 3. The lowest BCUT2D eigenvalue weighted by Gasteiger charge is -2.13. The fourth-order valence-corrected chi connectivity index (χ4v) is 2.20. The van der Waals surface area contributed by atoms with Gasteiger partial charge in [-0.2, -0.15) is 0 Å². The smallest absolute Gasteiger partial charge is 0.0701 e. The second-order valence-corrected chi connectivity index (χ2v) is 4.92. The number of nitrogens with two attached hydrogens (primary N) is 1. The average Bonchev–Trinajstić information content (AvgIpc) is 2.37. The van der Waals surface area contributed by atoms with Crippen LogP contribution in [0.1, 0.15) is 18.5 Å². The molecule has 1 aromatic rings. The lowest BCUT2D eigenvalue weighted by molar-refractivity contribution is 0.629. The van der Waals surface area contributed by atoms with Crippen molar-refractivity contribution in [2.45, 2.75) is 13.0 Å². The number of rotatable bonds is 3. The summed E-state index contributed by atoms with van der Waals surface area (Å²) in [5.74, 6) is 5.39. The van der Waals surface area contributed by atoms with E-state index in [1.54, 1.807) is 11.3 Å². The molecule has 0 saturated heterocycles. The Hall–Kier alpha value is -0.160. The molecule has 0 bridgehead atoms. The molecule has 1 atom stereocenters. The predicted molar refractivity (Wildman–Crippen MR) is 56.9 cm³/mol. The molecule has 0 aromatic carbocycles. The van der Waals surface area contributed by atoms with E-state index in [2.05, 4.69) is 33.3 Å². The highest BCUT2D eigenvalue weighted by Crippen LogP contribution is 2.27. The van der Waals surface area contributed by atoms with Crippen LogP contribution >= 0.6 is 27.3 Å². The molecule has 0 aliphatic rings. The van der Waals surface area contributed by atoms with Gasteiger partial charge in [0.25, 0.3) is 0 Å². The lowest BCUT2D eigenvalue weighted by atomic mass is 10.1. The fourth-order valence-electron chi connectivity index (χ4n) is 0.998. The lowest BCUT2D eigenvalue weighted by Crippen LogP contribution is -2.28. The van der Waals surface area contributed by atoms with Crippen molar-refractivity contribution in [1.29, 1.82) is 0 Å². The van der Waals surface area contributed by atoms with Gasteiger partial charge in [-0.3, -0.25) is 5.84 Å². The van der Waals surface area contributed by atoms with E-state index in [4.69, 9.17) is 5.84 Å². The van der Waals surface area contributed by atoms with Crippen molar-refractivity contribution < 1.29 is 0 Å². The highest BCUT2D eigenvalue weighted by Gasteiger charge is 2.11. The van der Waals surface area contributed by atoms with E-state index < -0.39 is 0 Å². The first-order valence-corrected chi connectivity index (χ1v) is 5.18. The summed E-state index contributed by atoms with van der Waals surface area (Å²) in [7, 11) is 0. The second-order valence-electron chi connectivity index (χ2n) is 2.63. The Morgan fingerprint density at radius 1 is 1.83 bits per heavy atom. The van der Waals surface area contributed by atoms with Crippen molar-refractivity contribution in [1.82, 2.24) is 5.43 Å². The van der Waals surface area contributed by atoms with Gasteiger partial charge in [-0.1, -0.05) is 12.2 Å². The molecule has 1 aromatic heterocycles. The molecule has 0 aliphatic heterocycles. The maximum atomic E-state index is 5.39. The van der Waals surface area contributed by atoms with Gasteiger partial charge in [0.1, 0.15) is 0 Å². The molecule has 66 valence electrons. The van der Waals surface area contributed by atoms with Crippen molar-refractivity contribution in [3.63, 3.8) is 0 Å². The van der Waals surface area contributed by atoms with E-state index in [0.29, 0.717) is 0 Å². The van der Waals surface area contributed by atoms with Gasteiger partial charge in [0.05, 0.1) is 9.83 Å². The summed E-state index contributed by atoms with van der Waals surface area (Å²) in [6.45, 7) is 5.81. The summed E-state index contributed by atoms with van der Waals surface area (Å²) in [5.41, 5.74) is 4.89. The van der Waals surface area contributed by atoms with Gasteiger partial charge in [0, 0.05) is 0 Å². The Balaban J connectivity index is 2.87. The zero-order valence-electron chi connectivity index (χ0n) is 6.80. The van der Waals surface area contributed by atoms with Gasteiger partial charge in [-0.15, -0.1) is 11.3 Å². The van der Waals surface area contributed by atoms with Crippen molar-refractivity contribution in [3.8, 4) is 0 Å². The van der Waals surface area contributed by atoms with Crippen LogP contribution in [0, 0.1) is 0 Å². The number of hydrazine groups is 1. The topological polar surface area (TPSA) is 38.0 Å². The van der Waals surface area contributed by atoms with E-state index >= 15 is 0 Å². The zero-order valence-corrected chi connectivity index (χ0v) is 9.21. The van der Waals surface area contributed by atoms with Crippen LogP contribution in [0.3, 0.4) is 0 Å². The third-order valence-electron chi connectivity index (χ3n) is 1.58. The number of nitrogens with one attached hydrogen (secondary N) is 1. The summed E-state index contributed by atoms with van der Waals surface area (Å²) >= 11 is 5.04. The molecule has 0 spiro atoms. The predicted octanol–water partition coefficient (Wildman–Crippen LogP) is 2.59. The molecule has 0 amide bonds. The first-order valence-electron chi connectivity index (χ1n) is 3.50. The maximum Gasteiger partial charge on any atom is 0.0701 e. The molecule has 0 saturated carbocycles. The van der Waals surface area contributed by atoms with Crippen LogP contribution in [0.4, 0.5) is 0 Å². The van der Waals surface area contributed by atoms with Crippen LogP contribution in [0.5, 0.6) is 0 Å². The molecule has 0 aliphatic carbocycles. The van der Waals surface area contributed by atoms with E-state index in [1.807, 2.05) is 13.0 Å². The molecule has 0 radical (unpaired) electrons. The van der Waals surface area contributed by atoms with Crippen LogP contribution in [0.2, 0.25) is 0 Å². The third kappa shape index (κ3) is 2.17. The number of halogens is 1. The molecule has 3 N–H and O–H groups in total. The Morgan fingerprint density at radius 2 is 2.50 bits per heavy atom. The maximum absolute atomic E-state index is 5.39. The first kappa shape index (κ1) is 9.92.